The lowest BCUT2D eigenvalue weighted by molar-refractivity contribution is -0.253. The molecular weight excluding hydrogens is 675 g/mol. The molecule has 2 amide bonds. The van der Waals surface area contributed by atoms with Gasteiger partial charge in [-0.15, -0.1) is 0 Å². The van der Waals surface area contributed by atoms with Gasteiger partial charge in [-0.1, -0.05) is 72.3 Å². The number of aliphatic hydroxyl groups excluding tert-OH is 1. The number of hydrogen-bond donors (Lipinski definition) is 3. The van der Waals surface area contributed by atoms with E-state index in [9.17, 15) is 33.0 Å². The van der Waals surface area contributed by atoms with Crippen molar-refractivity contribution < 1.29 is 42.4 Å². The summed E-state index contributed by atoms with van der Waals surface area (Å²) in [5, 5.41) is 24.2. The van der Waals surface area contributed by atoms with Crippen LogP contribution < -0.4 is 5.32 Å². The first kappa shape index (κ1) is 36.3. The first-order valence-corrected chi connectivity index (χ1v) is 17.3. The molecule has 0 aromatic heterocycles. The van der Waals surface area contributed by atoms with Crippen molar-refractivity contribution >= 4 is 23.4 Å². The first-order chi connectivity index (χ1) is 23.9. The average Bonchev–Trinajstić information content (AvgIpc) is 3.61. The van der Waals surface area contributed by atoms with Crippen LogP contribution in [0.2, 0.25) is 5.02 Å². The number of piperidine rings is 1. The van der Waals surface area contributed by atoms with Crippen LogP contribution in [0.25, 0.3) is 0 Å². The van der Waals surface area contributed by atoms with Crippen molar-refractivity contribution in [3.63, 3.8) is 0 Å². The molecule has 13 heteroatoms. The second-order valence-corrected chi connectivity index (χ2v) is 13.7. The van der Waals surface area contributed by atoms with Crippen LogP contribution in [0, 0.1) is 0 Å². The van der Waals surface area contributed by atoms with Crippen molar-refractivity contribution in [2.24, 2.45) is 0 Å². The highest BCUT2D eigenvalue weighted by atomic mass is 35.5. The van der Waals surface area contributed by atoms with Crippen LogP contribution in [0.3, 0.4) is 0 Å². The number of halogens is 4. The summed E-state index contributed by atoms with van der Waals surface area (Å²) >= 11 is 6.05. The summed E-state index contributed by atoms with van der Waals surface area (Å²) in [5.74, 6) is -2.61. The summed E-state index contributed by atoms with van der Waals surface area (Å²) in [4.78, 5) is 27.4. The van der Waals surface area contributed by atoms with Crippen LogP contribution in [-0.2, 0) is 37.8 Å². The van der Waals surface area contributed by atoms with Gasteiger partial charge >= 0.3 is 12.1 Å². The highest BCUT2D eigenvalue weighted by molar-refractivity contribution is 6.30. The highest BCUT2D eigenvalue weighted by Gasteiger charge is 2.47. The van der Waals surface area contributed by atoms with Gasteiger partial charge in [-0.05, 0) is 60.1 Å². The zero-order chi connectivity index (χ0) is 35.5. The minimum atomic E-state index is -5.03. The molecule has 0 spiro atoms. The third-order valence-electron chi connectivity index (χ3n) is 9.92. The Morgan fingerprint density at radius 3 is 2.18 bits per heavy atom. The lowest BCUT2D eigenvalue weighted by Gasteiger charge is -2.42. The molecule has 6 rings (SSSR count). The minimum absolute atomic E-state index is 0.0606. The standard InChI is InChI=1S/C37H41ClF3N3O6/c38-29-13-11-28(12-14-29)36(48)15-18-43(19-16-36)22-30-20-32(26-7-5-25(23-45)6-8-26)50-34(49-30)27-9-3-24(4-10-27)21-42-33(46)31-2-1-17-44(31)35(47)37(39,40)41/h3-14,30-32,34,45,48H,1-2,15-23H2,(H,42,46)/t30-,31-,32+,34+/m0/s1. The maximum atomic E-state index is 13.0. The third kappa shape index (κ3) is 8.50. The molecule has 0 aliphatic carbocycles. The summed E-state index contributed by atoms with van der Waals surface area (Å²) in [6, 6.07) is 21.1. The van der Waals surface area contributed by atoms with Gasteiger partial charge in [0.05, 0.1) is 24.4 Å². The van der Waals surface area contributed by atoms with E-state index in [2.05, 4.69) is 10.2 Å². The number of likely N-dealkylation sites (tertiary alicyclic amines) is 2. The Balaban J connectivity index is 1.10. The number of aliphatic hydroxyl groups is 2. The fourth-order valence-corrected chi connectivity index (χ4v) is 7.15. The molecule has 4 atom stereocenters. The van der Waals surface area contributed by atoms with Crippen molar-refractivity contribution in [2.75, 3.05) is 26.2 Å². The molecule has 3 aliphatic heterocycles. The van der Waals surface area contributed by atoms with E-state index in [4.69, 9.17) is 21.1 Å². The monoisotopic (exact) mass is 715 g/mol. The number of carbonyl (C=O) groups is 2. The molecule has 268 valence electrons. The smallest absolute Gasteiger partial charge is 0.392 e. The molecule has 0 unspecified atom stereocenters. The van der Waals surface area contributed by atoms with E-state index in [1.807, 2.05) is 48.5 Å². The lowest BCUT2D eigenvalue weighted by Crippen LogP contribution is -2.50. The molecule has 3 saturated heterocycles. The van der Waals surface area contributed by atoms with E-state index in [1.54, 1.807) is 24.3 Å². The number of nitrogens with one attached hydrogen (secondary N) is 1. The maximum Gasteiger partial charge on any atom is 0.471 e. The van der Waals surface area contributed by atoms with Crippen molar-refractivity contribution in [2.45, 2.75) is 81.6 Å². The largest absolute Gasteiger partial charge is 0.471 e. The number of amides is 2. The molecule has 9 nitrogen and oxygen atoms in total. The third-order valence-corrected chi connectivity index (χ3v) is 10.2. The van der Waals surface area contributed by atoms with E-state index in [0.717, 1.165) is 27.8 Å². The first-order valence-electron chi connectivity index (χ1n) is 16.9. The summed E-state index contributed by atoms with van der Waals surface area (Å²) < 4.78 is 52.0. The van der Waals surface area contributed by atoms with E-state index in [0.29, 0.717) is 55.2 Å². The summed E-state index contributed by atoms with van der Waals surface area (Å²) in [6.45, 7) is 1.92. The molecule has 3 N–H and O–H groups in total. The average molecular weight is 716 g/mol. The maximum absolute atomic E-state index is 13.0. The molecule has 0 bridgehead atoms. The van der Waals surface area contributed by atoms with Crippen molar-refractivity contribution in [1.82, 2.24) is 15.1 Å². The molecule has 0 radical (unpaired) electrons. The number of nitrogens with zero attached hydrogens (tertiary/aromatic N) is 2. The molecule has 0 saturated carbocycles. The van der Waals surface area contributed by atoms with Crippen LogP contribution in [0.5, 0.6) is 0 Å². The molecule has 50 heavy (non-hydrogen) atoms. The predicted molar refractivity (Wildman–Crippen MR) is 179 cm³/mol. The van der Waals surface area contributed by atoms with Gasteiger partial charge in [0, 0.05) is 49.7 Å². The van der Waals surface area contributed by atoms with E-state index >= 15 is 0 Å². The van der Waals surface area contributed by atoms with Gasteiger partial charge in [0.1, 0.15) is 6.04 Å². The van der Waals surface area contributed by atoms with Crippen LogP contribution in [0.15, 0.2) is 72.8 Å². The molecular formula is C37H41ClF3N3O6. The number of ether oxygens (including phenoxy) is 2. The fourth-order valence-electron chi connectivity index (χ4n) is 7.02. The topological polar surface area (TPSA) is 112 Å². The van der Waals surface area contributed by atoms with Crippen molar-refractivity contribution in [3.05, 3.63) is 106 Å². The molecule has 3 aromatic rings. The zero-order valence-corrected chi connectivity index (χ0v) is 28.2. The van der Waals surface area contributed by atoms with Crippen LogP contribution in [-0.4, -0.2) is 76.3 Å². The Bertz CT molecular complexity index is 1620. The second-order valence-electron chi connectivity index (χ2n) is 13.3. The SMILES string of the molecule is O=C(NCc1ccc([C@@H]2O[C@H](CN3CCC(O)(c4ccc(Cl)cc4)CC3)C[C@H](c3ccc(CO)cc3)O2)cc1)[C@@H]1CCCN1C(=O)C(F)(F)F. The van der Waals surface area contributed by atoms with E-state index < -0.39 is 35.9 Å². The summed E-state index contributed by atoms with van der Waals surface area (Å²) in [5.41, 5.74) is 3.17. The Morgan fingerprint density at radius 1 is 0.900 bits per heavy atom. The van der Waals surface area contributed by atoms with Gasteiger partial charge in [0.15, 0.2) is 6.29 Å². The van der Waals surface area contributed by atoms with Crippen molar-refractivity contribution in [3.8, 4) is 0 Å². The van der Waals surface area contributed by atoms with Gasteiger partial charge in [0.25, 0.3) is 0 Å². The summed E-state index contributed by atoms with van der Waals surface area (Å²) in [7, 11) is 0. The van der Waals surface area contributed by atoms with Crippen molar-refractivity contribution in [1.29, 1.82) is 0 Å². The number of hydrogen-bond acceptors (Lipinski definition) is 7. The Hall–Kier alpha value is -3.52. The van der Waals surface area contributed by atoms with Gasteiger partial charge in [-0.3, -0.25) is 9.59 Å². The van der Waals surface area contributed by atoms with E-state index in [1.165, 1.54) is 0 Å². The van der Waals surface area contributed by atoms with Crippen LogP contribution in [0.1, 0.15) is 72.3 Å². The fraction of sp³-hybridized carbons (Fsp3) is 0.459. The van der Waals surface area contributed by atoms with Crippen LogP contribution >= 0.6 is 11.6 Å². The quantitative estimate of drug-likeness (QED) is 0.267. The molecule has 3 heterocycles. The van der Waals surface area contributed by atoms with Gasteiger partial charge in [-0.2, -0.15) is 13.2 Å². The lowest BCUT2D eigenvalue weighted by atomic mass is 9.84. The number of carbonyl (C=O) groups excluding carboxylic acids is 2. The number of rotatable bonds is 9. The Kier molecular flexibility index (Phi) is 11.2. The minimum Gasteiger partial charge on any atom is -0.392 e. The highest BCUT2D eigenvalue weighted by Crippen LogP contribution is 2.39. The Labute approximate surface area is 293 Å². The number of alkyl halides is 3. The van der Waals surface area contributed by atoms with Gasteiger partial charge in [0.2, 0.25) is 5.91 Å². The van der Waals surface area contributed by atoms with Crippen LogP contribution in [0.4, 0.5) is 13.2 Å². The van der Waals surface area contributed by atoms with Gasteiger partial charge in [-0.25, -0.2) is 0 Å². The number of benzene rings is 3. The second kappa shape index (κ2) is 15.4. The molecule has 3 aliphatic rings. The molecule has 3 fully saturated rings. The normalized spacial score (nSPS) is 24.2. The predicted octanol–water partition coefficient (Wildman–Crippen LogP) is 5.53. The van der Waals surface area contributed by atoms with Gasteiger partial charge < -0.3 is 34.8 Å². The van der Waals surface area contributed by atoms with E-state index in [-0.39, 0.29) is 38.3 Å². The summed E-state index contributed by atoms with van der Waals surface area (Å²) in [6.07, 6.45) is -3.95. The Morgan fingerprint density at radius 2 is 1.54 bits per heavy atom. The molecule has 3 aromatic carbocycles. The zero-order valence-electron chi connectivity index (χ0n) is 27.4.